The van der Waals surface area contributed by atoms with Gasteiger partial charge in [-0.2, -0.15) is 0 Å². The molecule has 0 bridgehead atoms. The van der Waals surface area contributed by atoms with Gasteiger partial charge in [0.2, 0.25) is 0 Å². The molecule has 2 nitrogen and oxygen atoms in total. The second kappa shape index (κ2) is 4.69. The number of ether oxygens (including phenoxy) is 1. The Hall–Kier alpha value is -1.15. The molecule has 2 fully saturated rings. The Kier molecular flexibility index (Phi) is 2.90. The van der Waals surface area contributed by atoms with Crippen molar-refractivity contribution in [2.24, 2.45) is 29.1 Å². The molecule has 0 aromatic rings. The van der Waals surface area contributed by atoms with E-state index < -0.39 is 0 Å². The van der Waals surface area contributed by atoms with Crippen molar-refractivity contribution in [3.05, 3.63) is 36.0 Å². The fraction of sp³-hybridized carbons (Fsp3) is 0.667. The third kappa shape index (κ3) is 1.76. The lowest BCUT2D eigenvalue weighted by molar-refractivity contribution is -0.0993. The molecule has 2 saturated carbocycles. The van der Waals surface area contributed by atoms with E-state index in [-0.39, 0.29) is 5.60 Å². The summed E-state index contributed by atoms with van der Waals surface area (Å²) in [6.45, 7) is 3.32. The lowest BCUT2D eigenvalue weighted by Crippen LogP contribution is -2.51. The van der Waals surface area contributed by atoms with Crippen molar-refractivity contribution in [2.75, 3.05) is 6.61 Å². The Balaban J connectivity index is 1.52. The zero-order valence-corrected chi connectivity index (χ0v) is 14.1. The smallest absolute Gasteiger partial charge is 0.0923 e. The Morgan fingerprint density at radius 1 is 1.22 bits per heavy atom. The quantitative estimate of drug-likeness (QED) is 0.648. The molecular weight excluding hydrogens is 282 g/mol. The molecule has 0 amide bonds. The molecule has 5 rings (SSSR count). The predicted molar refractivity (Wildman–Crippen MR) is 92.5 cm³/mol. The van der Waals surface area contributed by atoms with E-state index >= 15 is 0 Å². The number of fused-ring (bicyclic) bond motifs is 6. The van der Waals surface area contributed by atoms with E-state index in [4.69, 9.17) is 10.1 Å². The molecule has 5 unspecified atom stereocenters. The largest absolute Gasteiger partial charge is 0.366 e. The molecular formula is C21H27NO. The van der Waals surface area contributed by atoms with Crippen LogP contribution in [-0.4, -0.2) is 17.9 Å². The molecule has 0 saturated heterocycles. The summed E-state index contributed by atoms with van der Waals surface area (Å²) in [5.74, 6) is 3.00. The Bertz CT molecular complexity index is 644. The fourth-order valence-electron chi connectivity index (χ4n) is 6.71. The van der Waals surface area contributed by atoms with Gasteiger partial charge in [-0.05, 0) is 73.8 Å². The van der Waals surface area contributed by atoms with Gasteiger partial charge in [0.1, 0.15) is 0 Å². The number of rotatable bonds is 0. The maximum atomic E-state index is 7.97. The Morgan fingerprint density at radius 2 is 2.13 bits per heavy atom. The minimum absolute atomic E-state index is 0.0291. The van der Waals surface area contributed by atoms with Gasteiger partial charge in [-0.1, -0.05) is 31.2 Å². The number of hydrogen-bond acceptors (Lipinski definition) is 2. The number of hydrogen-bond donors (Lipinski definition) is 1. The highest BCUT2D eigenvalue weighted by Crippen LogP contribution is 2.65. The minimum Gasteiger partial charge on any atom is -0.366 e. The van der Waals surface area contributed by atoms with E-state index in [2.05, 4.69) is 37.3 Å². The third-order valence-corrected chi connectivity index (χ3v) is 7.91. The van der Waals surface area contributed by atoms with Gasteiger partial charge in [-0.25, -0.2) is 0 Å². The van der Waals surface area contributed by atoms with Gasteiger partial charge >= 0.3 is 0 Å². The van der Waals surface area contributed by atoms with Crippen LogP contribution in [0.3, 0.4) is 0 Å². The summed E-state index contributed by atoms with van der Waals surface area (Å²) in [5, 5.41) is 7.97. The molecule has 2 heteroatoms. The first-order valence-electron chi connectivity index (χ1n) is 9.42. The maximum Gasteiger partial charge on any atom is 0.0923 e. The van der Waals surface area contributed by atoms with E-state index in [1.807, 2.05) is 0 Å². The topological polar surface area (TPSA) is 33.1 Å². The maximum absolute atomic E-state index is 7.97. The molecule has 0 aromatic carbocycles. The molecule has 1 aliphatic heterocycles. The minimum atomic E-state index is 0.0291. The number of nitrogens with one attached hydrogen (secondary N) is 1. The van der Waals surface area contributed by atoms with Crippen LogP contribution in [0.5, 0.6) is 0 Å². The van der Waals surface area contributed by atoms with Crippen molar-refractivity contribution < 1.29 is 4.74 Å². The standard InChI is InChI=1S/C21H27NO/c1-20-10-7-17-16-6-4-15(22)13-14(16)3-5-18(17)19(20)8-11-21(20)9-2-12-23-21/h2-3,5,9,13,16-19,22H,4,6-8,10-12H2,1H3/t16?,17?,18?,19?,20-,21?/m0/s1. The van der Waals surface area contributed by atoms with E-state index in [1.165, 1.54) is 37.7 Å². The first kappa shape index (κ1) is 14.2. The van der Waals surface area contributed by atoms with Crippen LogP contribution in [0.25, 0.3) is 0 Å². The van der Waals surface area contributed by atoms with E-state index in [0.717, 1.165) is 36.5 Å². The normalized spacial score (nSPS) is 50.7. The van der Waals surface area contributed by atoms with Gasteiger partial charge in [0.05, 0.1) is 12.2 Å². The van der Waals surface area contributed by atoms with Gasteiger partial charge in [0.25, 0.3) is 0 Å². The second-order valence-electron chi connectivity index (χ2n) is 8.62. The lowest BCUT2D eigenvalue weighted by Gasteiger charge is -2.54. The lowest BCUT2D eigenvalue weighted by atomic mass is 9.52. The van der Waals surface area contributed by atoms with Crippen LogP contribution in [0, 0.1) is 34.5 Å². The predicted octanol–water partition coefficient (Wildman–Crippen LogP) is 4.68. The van der Waals surface area contributed by atoms with Gasteiger partial charge in [-0.15, -0.1) is 0 Å². The molecule has 4 aliphatic carbocycles. The first-order valence-corrected chi connectivity index (χ1v) is 9.42. The van der Waals surface area contributed by atoms with E-state index in [0.29, 0.717) is 11.3 Å². The zero-order valence-electron chi connectivity index (χ0n) is 14.1. The Morgan fingerprint density at radius 3 is 2.96 bits per heavy atom. The molecule has 6 atom stereocenters. The van der Waals surface area contributed by atoms with Crippen LogP contribution >= 0.6 is 0 Å². The third-order valence-electron chi connectivity index (χ3n) is 7.91. The summed E-state index contributed by atoms with van der Waals surface area (Å²) in [5.41, 5.74) is 2.61. The van der Waals surface area contributed by atoms with Crippen molar-refractivity contribution >= 4 is 5.71 Å². The van der Waals surface area contributed by atoms with Crippen LogP contribution in [0.2, 0.25) is 0 Å². The van der Waals surface area contributed by atoms with Gasteiger partial charge in [-0.3, -0.25) is 0 Å². The summed E-state index contributed by atoms with van der Waals surface area (Å²) >= 11 is 0. The average molecular weight is 309 g/mol. The van der Waals surface area contributed by atoms with Crippen molar-refractivity contribution in [1.29, 1.82) is 5.41 Å². The molecule has 1 N–H and O–H groups in total. The summed E-state index contributed by atoms with van der Waals surface area (Å²) in [7, 11) is 0. The molecule has 1 spiro atoms. The van der Waals surface area contributed by atoms with Crippen molar-refractivity contribution in [3.63, 3.8) is 0 Å². The van der Waals surface area contributed by atoms with Crippen molar-refractivity contribution in [1.82, 2.24) is 0 Å². The van der Waals surface area contributed by atoms with Crippen LogP contribution in [0.15, 0.2) is 36.0 Å². The molecule has 0 aromatic heterocycles. The highest BCUT2D eigenvalue weighted by molar-refractivity contribution is 5.94. The molecule has 122 valence electrons. The summed E-state index contributed by atoms with van der Waals surface area (Å²) in [6.07, 6.45) is 19.0. The SMILES string of the molecule is C[C@]12CCC3C4CCC(=N)C=C4C=CC3C1CCC21C=CCO1. The van der Waals surface area contributed by atoms with Gasteiger partial charge in [0, 0.05) is 11.1 Å². The summed E-state index contributed by atoms with van der Waals surface area (Å²) < 4.78 is 6.30. The molecule has 0 radical (unpaired) electrons. The molecule has 23 heavy (non-hydrogen) atoms. The highest BCUT2D eigenvalue weighted by Gasteiger charge is 2.62. The fourth-order valence-corrected chi connectivity index (χ4v) is 6.71. The summed E-state index contributed by atoms with van der Waals surface area (Å²) in [6, 6.07) is 0. The van der Waals surface area contributed by atoms with Crippen LogP contribution in [0.4, 0.5) is 0 Å². The van der Waals surface area contributed by atoms with Gasteiger partial charge in [0.15, 0.2) is 0 Å². The van der Waals surface area contributed by atoms with Crippen LogP contribution < -0.4 is 0 Å². The number of allylic oxidation sites excluding steroid dienone is 4. The summed E-state index contributed by atoms with van der Waals surface area (Å²) in [4.78, 5) is 0. The Labute approximate surface area is 139 Å². The monoisotopic (exact) mass is 309 g/mol. The second-order valence-corrected chi connectivity index (χ2v) is 8.62. The van der Waals surface area contributed by atoms with Crippen molar-refractivity contribution in [3.8, 4) is 0 Å². The first-order chi connectivity index (χ1) is 11.1. The van der Waals surface area contributed by atoms with Crippen LogP contribution in [0.1, 0.15) is 45.4 Å². The zero-order chi connectivity index (χ0) is 15.7. The highest BCUT2D eigenvalue weighted by atomic mass is 16.5. The molecule has 5 aliphatic rings. The molecule has 1 heterocycles. The van der Waals surface area contributed by atoms with E-state index in [9.17, 15) is 0 Å². The van der Waals surface area contributed by atoms with Crippen molar-refractivity contribution in [2.45, 2.75) is 51.0 Å². The average Bonchev–Trinajstić information content (AvgIpc) is 3.14. The van der Waals surface area contributed by atoms with E-state index in [1.54, 1.807) is 0 Å². The van der Waals surface area contributed by atoms with Crippen LogP contribution in [-0.2, 0) is 4.74 Å². The van der Waals surface area contributed by atoms with Gasteiger partial charge < -0.3 is 10.1 Å².